The van der Waals surface area contributed by atoms with Gasteiger partial charge in [-0.05, 0) is 67.1 Å². The Morgan fingerprint density at radius 1 is 1.14 bits per heavy atom. The van der Waals surface area contributed by atoms with E-state index in [1.54, 1.807) is 40.2 Å². The van der Waals surface area contributed by atoms with E-state index in [-0.39, 0.29) is 17.1 Å². The molecule has 2 aromatic carbocycles. The highest BCUT2D eigenvalue weighted by atomic mass is 35.5. The second-order valence-electron chi connectivity index (χ2n) is 8.84. The average molecular weight is 521 g/mol. The molecule has 6 rings (SSSR count). The Morgan fingerprint density at radius 3 is 2.69 bits per heavy atom. The Morgan fingerprint density at radius 2 is 1.91 bits per heavy atom. The number of aromatic nitrogens is 4. The van der Waals surface area contributed by atoms with Crippen molar-refractivity contribution in [3.8, 4) is 5.69 Å². The number of halogens is 1. The minimum atomic E-state index is -0.0630. The summed E-state index contributed by atoms with van der Waals surface area (Å²) in [4.78, 5) is 28.8. The molecule has 176 valence electrons. The molecular formula is C26H21ClN4O2S2. The molecule has 3 aromatic heterocycles. The summed E-state index contributed by atoms with van der Waals surface area (Å²) in [5.74, 6) is 1.24. The molecule has 6 nitrogen and oxygen atoms in total. The highest BCUT2D eigenvalue weighted by Crippen LogP contribution is 2.38. The maximum Gasteiger partial charge on any atom is 0.268 e. The zero-order valence-electron chi connectivity index (χ0n) is 18.9. The largest absolute Gasteiger partial charge is 0.293 e. The number of thioether (sulfide) groups is 1. The van der Waals surface area contributed by atoms with Gasteiger partial charge in [0.15, 0.2) is 10.9 Å². The third-order valence-electron chi connectivity index (χ3n) is 6.44. The Bertz CT molecular complexity index is 1640. The number of fused-ring (bicyclic) bond motifs is 5. The molecule has 1 aliphatic rings. The van der Waals surface area contributed by atoms with Gasteiger partial charge in [-0.25, -0.2) is 8.97 Å². The average Bonchev–Trinajstić information content (AvgIpc) is 3.45. The smallest absolute Gasteiger partial charge is 0.268 e. The Balaban J connectivity index is 1.52. The number of hydrogen-bond acceptors (Lipinski definition) is 6. The molecule has 3 heterocycles. The molecule has 0 fully saturated rings. The number of rotatable bonds is 5. The molecule has 9 heteroatoms. The van der Waals surface area contributed by atoms with Crippen LogP contribution in [-0.2, 0) is 12.8 Å². The molecule has 1 aliphatic carbocycles. The zero-order valence-corrected chi connectivity index (χ0v) is 21.3. The van der Waals surface area contributed by atoms with Crippen molar-refractivity contribution in [2.75, 3.05) is 5.75 Å². The Kier molecular flexibility index (Phi) is 5.75. The van der Waals surface area contributed by atoms with Gasteiger partial charge in [0.05, 0.1) is 16.8 Å². The lowest BCUT2D eigenvalue weighted by Gasteiger charge is -2.17. The lowest BCUT2D eigenvalue weighted by atomic mass is 9.89. The highest BCUT2D eigenvalue weighted by Gasteiger charge is 2.27. The summed E-state index contributed by atoms with van der Waals surface area (Å²) in [6.45, 7) is 2.26. The van der Waals surface area contributed by atoms with E-state index in [9.17, 15) is 9.59 Å². The fourth-order valence-electron chi connectivity index (χ4n) is 4.65. The molecule has 0 bridgehead atoms. The molecule has 0 aliphatic heterocycles. The topological polar surface area (TPSA) is 69.3 Å². The van der Waals surface area contributed by atoms with Crippen LogP contribution in [0.5, 0.6) is 0 Å². The van der Waals surface area contributed by atoms with E-state index in [0.29, 0.717) is 27.4 Å². The maximum absolute atomic E-state index is 13.9. The molecule has 0 N–H and O–H groups in total. The summed E-state index contributed by atoms with van der Waals surface area (Å²) in [6, 6.07) is 16.4. The van der Waals surface area contributed by atoms with Crippen molar-refractivity contribution in [2.45, 2.75) is 31.3 Å². The molecule has 0 spiro atoms. The number of ketones is 1. The molecular weight excluding hydrogens is 500 g/mol. The first-order chi connectivity index (χ1) is 17.0. The second kappa shape index (κ2) is 8.93. The summed E-state index contributed by atoms with van der Waals surface area (Å²) in [6.07, 6.45) is 2.94. The lowest BCUT2D eigenvalue weighted by Crippen LogP contribution is -2.22. The maximum atomic E-state index is 13.9. The summed E-state index contributed by atoms with van der Waals surface area (Å²) < 4.78 is 3.60. The van der Waals surface area contributed by atoms with Gasteiger partial charge in [-0.1, -0.05) is 48.5 Å². The second-order valence-corrected chi connectivity index (χ2v) is 11.3. The van der Waals surface area contributed by atoms with E-state index in [4.69, 9.17) is 11.6 Å². The number of benzene rings is 2. The number of hydrogen-bond donors (Lipinski definition) is 0. The number of carbonyl (C=O) groups excluding carboxylic acids is 1. The normalized spacial score (nSPS) is 15.5. The number of carbonyl (C=O) groups is 1. The van der Waals surface area contributed by atoms with E-state index in [1.165, 1.54) is 16.6 Å². The van der Waals surface area contributed by atoms with E-state index in [2.05, 4.69) is 17.1 Å². The van der Waals surface area contributed by atoms with Gasteiger partial charge < -0.3 is 0 Å². The van der Waals surface area contributed by atoms with Gasteiger partial charge in [-0.3, -0.25) is 9.59 Å². The minimum absolute atomic E-state index is 0.0182. The van der Waals surface area contributed by atoms with Gasteiger partial charge >= 0.3 is 0 Å². The van der Waals surface area contributed by atoms with Gasteiger partial charge in [-0.2, -0.15) is 0 Å². The first-order valence-corrected chi connectivity index (χ1v) is 13.6. The van der Waals surface area contributed by atoms with Crippen LogP contribution in [0.4, 0.5) is 0 Å². The van der Waals surface area contributed by atoms with E-state index >= 15 is 0 Å². The predicted molar refractivity (Wildman–Crippen MR) is 142 cm³/mol. The van der Waals surface area contributed by atoms with Gasteiger partial charge in [0, 0.05) is 15.5 Å². The predicted octanol–water partition coefficient (Wildman–Crippen LogP) is 5.85. The SMILES string of the molecule is C[C@@H]1CCc2c(sc3c2c(=O)n(-c2ccccc2)c2nnc(SCC(=O)c4ccc(Cl)cc4)n32)C1. The third-order valence-corrected chi connectivity index (χ3v) is 8.86. The molecule has 0 saturated heterocycles. The van der Waals surface area contributed by atoms with Crippen LogP contribution in [0.15, 0.2) is 64.5 Å². The van der Waals surface area contributed by atoms with Gasteiger partial charge in [0.1, 0.15) is 4.83 Å². The van der Waals surface area contributed by atoms with Gasteiger partial charge in [0.25, 0.3) is 5.56 Å². The highest BCUT2D eigenvalue weighted by molar-refractivity contribution is 7.99. The van der Waals surface area contributed by atoms with E-state index in [0.717, 1.165) is 40.7 Å². The van der Waals surface area contributed by atoms with Crippen LogP contribution in [0, 0.1) is 5.92 Å². The summed E-state index contributed by atoms with van der Waals surface area (Å²) in [5, 5.41) is 10.8. The van der Waals surface area contributed by atoms with Crippen molar-refractivity contribution in [2.24, 2.45) is 5.92 Å². The summed E-state index contributed by atoms with van der Waals surface area (Å²) >= 11 is 8.95. The first-order valence-electron chi connectivity index (χ1n) is 11.4. The van der Waals surface area contributed by atoms with Crippen LogP contribution >= 0.6 is 34.7 Å². The van der Waals surface area contributed by atoms with Gasteiger partial charge in [-0.15, -0.1) is 21.5 Å². The number of Topliss-reactive ketones (excluding diaryl/α,β-unsaturated/α-hetero) is 1. The fraction of sp³-hybridized carbons (Fsp3) is 0.231. The summed E-state index contributed by atoms with van der Waals surface area (Å²) in [7, 11) is 0. The number of thiophene rings is 1. The molecule has 0 amide bonds. The van der Waals surface area contributed by atoms with Crippen molar-refractivity contribution < 1.29 is 4.79 Å². The van der Waals surface area contributed by atoms with Crippen molar-refractivity contribution in [1.82, 2.24) is 19.2 Å². The standard InChI is InChI=1S/C26H21ClN4O2S2/c1-15-7-12-19-21(13-15)35-24-22(19)23(33)30(18-5-3-2-4-6-18)25-28-29-26(31(24)25)34-14-20(32)16-8-10-17(27)11-9-16/h2-6,8-11,15H,7,12-14H2,1H3/t15-/m1/s1. The molecule has 1 atom stereocenters. The Labute approximate surface area is 214 Å². The van der Waals surface area contributed by atoms with Crippen LogP contribution in [-0.4, -0.2) is 30.7 Å². The number of aryl methyl sites for hydroxylation is 1. The van der Waals surface area contributed by atoms with Crippen molar-refractivity contribution in [3.63, 3.8) is 0 Å². The van der Waals surface area contributed by atoms with Gasteiger partial charge in [0.2, 0.25) is 5.78 Å². The van der Waals surface area contributed by atoms with Crippen molar-refractivity contribution in [3.05, 3.63) is 86.0 Å². The van der Waals surface area contributed by atoms with E-state index in [1.807, 2.05) is 34.7 Å². The molecule has 0 saturated carbocycles. The minimum Gasteiger partial charge on any atom is -0.293 e. The van der Waals surface area contributed by atoms with E-state index < -0.39 is 0 Å². The molecule has 35 heavy (non-hydrogen) atoms. The number of nitrogens with zero attached hydrogens (tertiary/aromatic N) is 4. The number of para-hydroxylation sites is 1. The molecule has 5 aromatic rings. The van der Waals surface area contributed by atoms with Crippen molar-refractivity contribution >= 4 is 56.5 Å². The van der Waals surface area contributed by atoms with Crippen LogP contribution in [0.3, 0.4) is 0 Å². The van der Waals surface area contributed by atoms with Crippen LogP contribution < -0.4 is 5.56 Å². The van der Waals surface area contributed by atoms with Crippen LogP contribution in [0.2, 0.25) is 5.02 Å². The third kappa shape index (κ3) is 3.90. The Hall–Kier alpha value is -2.94. The quantitative estimate of drug-likeness (QED) is 0.215. The van der Waals surface area contributed by atoms with Crippen LogP contribution in [0.1, 0.15) is 34.1 Å². The van der Waals surface area contributed by atoms with Crippen molar-refractivity contribution in [1.29, 1.82) is 0 Å². The fourth-order valence-corrected chi connectivity index (χ4v) is 7.17. The molecule has 0 unspecified atom stereocenters. The summed E-state index contributed by atoms with van der Waals surface area (Å²) in [5.41, 5.74) is 2.44. The lowest BCUT2D eigenvalue weighted by molar-refractivity contribution is 0.102. The van der Waals surface area contributed by atoms with Crippen LogP contribution in [0.25, 0.3) is 21.7 Å². The monoisotopic (exact) mass is 520 g/mol. The first kappa shape index (κ1) is 22.5. The molecule has 0 radical (unpaired) electrons. The zero-order chi connectivity index (χ0) is 24.1.